The normalized spacial score (nSPS) is 12.9. The van der Waals surface area contributed by atoms with Crippen molar-refractivity contribution in [1.29, 1.82) is 0 Å². The van der Waals surface area contributed by atoms with E-state index in [1.54, 1.807) is 10.9 Å². The number of rotatable bonds is 5. The van der Waals surface area contributed by atoms with E-state index in [0.717, 1.165) is 29.8 Å². The van der Waals surface area contributed by atoms with Gasteiger partial charge in [0.1, 0.15) is 0 Å². The molecule has 5 nitrogen and oxygen atoms in total. The molecule has 0 aliphatic heterocycles. The Morgan fingerprint density at radius 2 is 2.17 bits per heavy atom. The van der Waals surface area contributed by atoms with Crippen molar-refractivity contribution in [3.05, 3.63) is 35.4 Å². The topological polar surface area (TPSA) is 55.9 Å². The third kappa shape index (κ3) is 2.61. The first-order valence-electron chi connectivity index (χ1n) is 6.29. The zero-order chi connectivity index (χ0) is 13.1. The summed E-state index contributed by atoms with van der Waals surface area (Å²) in [4.78, 5) is 0. The van der Waals surface area contributed by atoms with Crippen LogP contribution in [0.25, 0.3) is 0 Å². The molecule has 0 aromatic carbocycles. The molecule has 1 N–H and O–H groups in total. The molecule has 0 aliphatic carbocycles. The smallest absolute Gasteiger partial charge is 0.0827 e. The molecule has 18 heavy (non-hydrogen) atoms. The summed E-state index contributed by atoms with van der Waals surface area (Å²) >= 11 is 0. The van der Waals surface area contributed by atoms with E-state index in [4.69, 9.17) is 0 Å². The van der Waals surface area contributed by atoms with Crippen LogP contribution in [0.5, 0.6) is 0 Å². The Kier molecular flexibility index (Phi) is 3.81. The molecule has 2 rings (SSSR count). The number of hydrogen-bond acceptors (Lipinski definition) is 3. The molecule has 0 saturated carbocycles. The molecule has 0 aliphatic rings. The van der Waals surface area contributed by atoms with Gasteiger partial charge in [-0.3, -0.25) is 9.36 Å². The summed E-state index contributed by atoms with van der Waals surface area (Å²) in [6, 6.07) is 1.98. The maximum atomic E-state index is 10.3. The SMILES string of the molecule is CCc1nn(C)cc1C(O)CCc1ccnn1C. The van der Waals surface area contributed by atoms with Gasteiger partial charge in [-0.25, -0.2) is 0 Å². The van der Waals surface area contributed by atoms with Crippen LogP contribution in [0.15, 0.2) is 18.5 Å². The summed E-state index contributed by atoms with van der Waals surface area (Å²) in [6.07, 6.45) is 5.59. The van der Waals surface area contributed by atoms with E-state index in [1.807, 2.05) is 31.0 Å². The minimum Gasteiger partial charge on any atom is -0.388 e. The number of aromatic nitrogens is 4. The highest BCUT2D eigenvalue weighted by Gasteiger charge is 2.15. The second-order valence-corrected chi connectivity index (χ2v) is 4.56. The van der Waals surface area contributed by atoms with Gasteiger partial charge in [0.15, 0.2) is 0 Å². The molecular formula is C13H20N4O. The zero-order valence-corrected chi connectivity index (χ0v) is 11.2. The Labute approximate surface area is 107 Å². The van der Waals surface area contributed by atoms with Crippen LogP contribution < -0.4 is 0 Å². The molecule has 98 valence electrons. The van der Waals surface area contributed by atoms with Gasteiger partial charge in [-0.15, -0.1) is 0 Å². The number of aliphatic hydroxyl groups is 1. The summed E-state index contributed by atoms with van der Waals surface area (Å²) in [5.41, 5.74) is 3.06. The van der Waals surface area contributed by atoms with Gasteiger partial charge in [-0.05, 0) is 25.3 Å². The highest BCUT2D eigenvalue weighted by Crippen LogP contribution is 2.22. The average Bonchev–Trinajstić information content (AvgIpc) is 2.92. The van der Waals surface area contributed by atoms with E-state index in [1.165, 1.54) is 0 Å². The molecule has 2 aromatic heterocycles. The highest BCUT2D eigenvalue weighted by molar-refractivity contribution is 5.20. The van der Waals surface area contributed by atoms with E-state index in [2.05, 4.69) is 17.1 Å². The van der Waals surface area contributed by atoms with Crippen molar-refractivity contribution >= 4 is 0 Å². The Bertz CT molecular complexity index is 515. The summed E-state index contributed by atoms with van der Waals surface area (Å²) in [7, 11) is 3.81. The molecule has 2 aromatic rings. The molecular weight excluding hydrogens is 228 g/mol. The standard InChI is InChI=1S/C13H20N4O/c1-4-12-11(9-16(2)15-12)13(18)6-5-10-7-8-14-17(10)3/h7-9,13,18H,4-6H2,1-3H3. The van der Waals surface area contributed by atoms with Gasteiger partial charge in [-0.2, -0.15) is 10.2 Å². The molecule has 0 amide bonds. The average molecular weight is 248 g/mol. The van der Waals surface area contributed by atoms with Crippen LogP contribution in [0.4, 0.5) is 0 Å². The maximum absolute atomic E-state index is 10.3. The first-order chi connectivity index (χ1) is 8.61. The fourth-order valence-corrected chi connectivity index (χ4v) is 2.19. The summed E-state index contributed by atoms with van der Waals surface area (Å²) in [6.45, 7) is 2.06. The number of aryl methyl sites for hydroxylation is 4. The quantitative estimate of drug-likeness (QED) is 0.869. The van der Waals surface area contributed by atoms with Crippen molar-refractivity contribution in [1.82, 2.24) is 19.6 Å². The van der Waals surface area contributed by atoms with Crippen LogP contribution in [0, 0.1) is 0 Å². The number of aliphatic hydroxyl groups excluding tert-OH is 1. The van der Waals surface area contributed by atoms with Crippen molar-refractivity contribution < 1.29 is 5.11 Å². The van der Waals surface area contributed by atoms with E-state index < -0.39 is 6.10 Å². The Hall–Kier alpha value is -1.62. The van der Waals surface area contributed by atoms with E-state index in [9.17, 15) is 5.11 Å². The van der Waals surface area contributed by atoms with Gasteiger partial charge in [0.05, 0.1) is 11.8 Å². The van der Waals surface area contributed by atoms with Crippen LogP contribution in [-0.2, 0) is 26.9 Å². The second kappa shape index (κ2) is 5.35. The molecule has 0 saturated heterocycles. The Balaban J connectivity index is 2.03. The van der Waals surface area contributed by atoms with Gasteiger partial charge in [-0.1, -0.05) is 6.92 Å². The summed E-state index contributed by atoms with van der Waals surface area (Å²) in [5.74, 6) is 0. The molecule has 1 atom stereocenters. The Morgan fingerprint density at radius 1 is 1.39 bits per heavy atom. The van der Waals surface area contributed by atoms with Gasteiger partial charge >= 0.3 is 0 Å². The highest BCUT2D eigenvalue weighted by atomic mass is 16.3. The first kappa shape index (κ1) is 12.8. The molecule has 0 spiro atoms. The minimum atomic E-state index is -0.455. The fourth-order valence-electron chi connectivity index (χ4n) is 2.19. The maximum Gasteiger partial charge on any atom is 0.0827 e. The fraction of sp³-hybridized carbons (Fsp3) is 0.538. The van der Waals surface area contributed by atoms with E-state index >= 15 is 0 Å². The van der Waals surface area contributed by atoms with Crippen molar-refractivity contribution in [2.75, 3.05) is 0 Å². The third-order valence-corrected chi connectivity index (χ3v) is 3.23. The summed E-state index contributed by atoms with van der Waals surface area (Å²) in [5, 5.41) is 18.7. The predicted molar refractivity (Wildman–Crippen MR) is 69.1 cm³/mol. The van der Waals surface area contributed by atoms with Gasteiger partial charge in [0.2, 0.25) is 0 Å². The van der Waals surface area contributed by atoms with Gasteiger partial charge < -0.3 is 5.11 Å². The van der Waals surface area contributed by atoms with E-state index in [-0.39, 0.29) is 0 Å². The van der Waals surface area contributed by atoms with Crippen LogP contribution in [0.1, 0.15) is 36.4 Å². The van der Waals surface area contributed by atoms with Crippen LogP contribution in [-0.4, -0.2) is 24.7 Å². The van der Waals surface area contributed by atoms with Crippen molar-refractivity contribution in [2.24, 2.45) is 14.1 Å². The lowest BCUT2D eigenvalue weighted by Crippen LogP contribution is -2.04. The lowest BCUT2D eigenvalue weighted by atomic mass is 10.0. The zero-order valence-electron chi connectivity index (χ0n) is 11.2. The largest absolute Gasteiger partial charge is 0.388 e. The molecule has 5 heteroatoms. The predicted octanol–water partition coefficient (Wildman–Crippen LogP) is 1.38. The second-order valence-electron chi connectivity index (χ2n) is 4.56. The monoisotopic (exact) mass is 248 g/mol. The molecule has 0 bridgehead atoms. The number of nitrogens with zero attached hydrogens (tertiary/aromatic N) is 4. The van der Waals surface area contributed by atoms with Crippen LogP contribution in [0.2, 0.25) is 0 Å². The third-order valence-electron chi connectivity index (χ3n) is 3.23. The van der Waals surface area contributed by atoms with Crippen molar-refractivity contribution in [2.45, 2.75) is 32.3 Å². The van der Waals surface area contributed by atoms with Gasteiger partial charge in [0, 0.05) is 37.7 Å². The molecule has 1 unspecified atom stereocenters. The van der Waals surface area contributed by atoms with Crippen LogP contribution >= 0.6 is 0 Å². The number of hydrogen-bond donors (Lipinski definition) is 1. The lowest BCUT2D eigenvalue weighted by Gasteiger charge is -2.10. The molecule has 0 radical (unpaired) electrons. The van der Waals surface area contributed by atoms with Crippen LogP contribution in [0.3, 0.4) is 0 Å². The lowest BCUT2D eigenvalue weighted by molar-refractivity contribution is 0.166. The van der Waals surface area contributed by atoms with Crippen molar-refractivity contribution in [3.8, 4) is 0 Å². The summed E-state index contributed by atoms with van der Waals surface area (Å²) < 4.78 is 3.61. The Morgan fingerprint density at radius 3 is 2.78 bits per heavy atom. The first-order valence-corrected chi connectivity index (χ1v) is 6.29. The molecule has 0 fully saturated rings. The van der Waals surface area contributed by atoms with E-state index in [0.29, 0.717) is 6.42 Å². The van der Waals surface area contributed by atoms with Gasteiger partial charge in [0.25, 0.3) is 0 Å². The van der Waals surface area contributed by atoms with Crippen molar-refractivity contribution in [3.63, 3.8) is 0 Å². The minimum absolute atomic E-state index is 0.455. The molecule has 2 heterocycles.